The second kappa shape index (κ2) is 6.04. The van der Waals surface area contributed by atoms with Crippen molar-refractivity contribution in [2.45, 2.75) is 71.1 Å². The van der Waals surface area contributed by atoms with Crippen LogP contribution in [-0.2, 0) is 0 Å². The first-order chi connectivity index (χ1) is 9.53. The third-order valence-electron chi connectivity index (χ3n) is 4.50. The molecule has 2 rings (SSSR count). The molecule has 2 atom stereocenters. The molecule has 3 heteroatoms. The molecule has 2 N–H and O–H groups in total. The summed E-state index contributed by atoms with van der Waals surface area (Å²) in [6.07, 6.45) is 4.05. The van der Waals surface area contributed by atoms with Crippen LogP contribution in [0.1, 0.15) is 65.0 Å². The van der Waals surface area contributed by atoms with Gasteiger partial charge >= 0.3 is 0 Å². The molecule has 1 aromatic rings. The van der Waals surface area contributed by atoms with Crippen LogP contribution in [0, 0.1) is 0 Å². The third-order valence-corrected chi connectivity index (χ3v) is 4.50. The summed E-state index contributed by atoms with van der Waals surface area (Å²) in [5.41, 5.74) is 7.30. The van der Waals surface area contributed by atoms with Gasteiger partial charge in [0.15, 0.2) is 0 Å². The first-order valence-corrected chi connectivity index (χ1v) is 7.78. The van der Waals surface area contributed by atoms with Gasteiger partial charge in [-0.05, 0) is 32.3 Å². The molecule has 3 nitrogen and oxygen atoms in total. The van der Waals surface area contributed by atoms with Crippen molar-refractivity contribution in [3.63, 3.8) is 0 Å². The second-order valence-electron chi connectivity index (χ2n) is 5.84. The van der Waals surface area contributed by atoms with Crippen LogP contribution < -0.4 is 15.2 Å². The van der Waals surface area contributed by atoms with Gasteiger partial charge in [0, 0.05) is 24.1 Å². The van der Waals surface area contributed by atoms with E-state index in [1.54, 1.807) is 0 Å². The minimum Gasteiger partial charge on any atom is -0.491 e. The van der Waals surface area contributed by atoms with Gasteiger partial charge in [-0.2, -0.15) is 0 Å². The van der Waals surface area contributed by atoms with Crippen molar-refractivity contribution in [3.8, 4) is 11.5 Å². The highest BCUT2D eigenvalue weighted by atomic mass is 16.5. The zero-order valence-electron chi connectivity index (χ0n) is 13.1. The highest BCUT2D eigenvalue weighted by Crippen LogP contribution is 2.43. The van der Waals surface area contributed by atoms with E-state index >= 15 is 0 Å². The summed E-state index contributed by atoms with van der Waals surface area (Å²) in [7, 11) is 0. The fraction of sp³-hybridized carbons (Fsp3) is 0.647. The van der Waals surface area contributed by atoms with E-state index in [2.05, 4.69) is 27.7 Å². The lowest BCUT2D eigenvalue weighted by Crippen LogP contribution is -2.41. The summed E-state index contributed by atoms with van der Waals surface area (Å²) < 4.78 is 12.2. The molecule has 0 spiro atoms. The Balaban J connectivity index is 2.28. The minimum atomic E-state index is -0.124. The van der Waals surface area contributed by atoms with Gasteiger partial charge < -0.3 is 15.2 Å². The van der Waals surface area contributed by atoms with Crippen LogP contribution >= 0.6 is 0 Å². The SMILES string of the molecule is CCC(C)Oc1ccc2c(c1)OC(CC)(CC)CC2N. The van der Waals surface area contributed by atoms with Crippen LogP contribution in [0.15, 0.2) is 18.2 Å². The van der Waals surface area contributed by atoms with E-state index in [1.807, 2.05) is 18.2 Å². The van der Waals surface area contributed by atoms with Crippen molar-refractivity contribution in [2.75, 3.05) is 0 Å². The zero-order valence-corrected chi connectivity index (χ0v) is 13.1. The molecule has 20 heavy (non-hydrogen) atoms. The van der Waals surface area contributed by atoms with E-state index < -0.39 is 0 Å². The lowest BCUT2D eigenvalue weighted by molar-refractivity contribution is 0.0278. The summed E-state index contributed by atoms with van der Waals surface area (Å²) in [6, 6.07) is 6.10. The molecule has 1 aliphatic heterocycles. The van der Waals surface area contributed by atoms with Gasteiger partial charge in [-0.25, -0.2) is 0 Å². The van der Waals surface area contributed by atoms with E-state index in [9.17, 15) is 0 Å². The molecule has 1 aliphatic rings. The Morgan fingerprint density at radius 2 is 2.05 bits per heavy atom. The molecular formula is C17H27NO2. The Morgan fingerprint density at radius 3 is 2.65 bits per heavy atom. The quantitative estimate of drug-likeness (QED) is 0.877. The van der Waals surface area contributed by atoms with E-state index in [-0.39, 0.29) is 17.7 Å². The van der Waals surface area contributed by atoms with Gasteiger partial charge in [-0.15, -0.1) is 0 Å². The van der Waals surface area contributed by atoms with Crippen molar-refractivity contribution >= 4 is 0 Å². The molecule has 0 fully saturated rings. The maximum Gasteiger partial charge on any atom is 0.128 e. The summed E-state index contributed by atoms with van der Waals surface area (Å²) in [5, 5.41) is 0. The number of nitrogens with two attached hydrogens (primary N) is 1. The van der Waals surface area contributed by atoms with Crippen molar-refractivity contribution in [1.29, 1.82) is 0 Å². The molecule has 0 radical (unpaired) electrons. The first kappa shape index (κ1) is 15.2. The van der Waals surface area contributed by atoms with Crippen molar-refractivity contribution in [1.82, 2.24) is 0 Å². The van der Waals surface area contributed by atoms with E-state index in [0.717, 1.165) is 42.7 Å². The molecule has 0 saturated heterocycles. The first-order valence-electron chi connectivity index (χ1n) is 7.78. The number of ether oxygens (including phenoxy) is 2. The maximum absolute atomic E-state index is 6.33. The van der Waals surface area contributed by atoms with Crippen LogP contribution in [0.5, 0.6) is 11.5 Å². The summed E-state index contributed by atoms with van der Waals surface area (Å²) in [5.74, 6) is 1.77. The number of benzene rings is 1. The van der Waals surface area contributed by atoms with Crippen LogP contribution in [0.25, 0.3) is 0 Å². The van der Waals surface area contributed by atoms with Gasteiger partial charge in [0.1, 0.15) is 17.1 Å². The molecule has 1 aromatic carbocycles. The van der Waals surface area contributed by atoms with E-state index in [0.29, 0.717) is 0 Å². The van der Waals surface area contributed by atoms with Crippen LogP contribution in [-0.4, -0.2) is 11.7 Å². The molecule has 0 aromatic heterocycles. The summed E-state index contributed by atoms with van der Waals surface area (Å²) in [6.45, 7) is 8.53. The third kappa shape index (κ3) is 2.93. The smallest absolute Gasteiger partial charge is 0.128 e. The van der Waals surface area contributed by atoms with Gasteiger partial charge in [0.2, 0.25) is 0 Å². The zero-order chi connectivity index (χ0) is 14.8. The Hall–Kier alpha value is -1.22. The number of hydrogen-bond acceptors (Lipinski definition) is 3. The van der Waals surface area contributed by atoms with Crippen molar-refractivity contribution in [3.05, 3.63) is 23.8 Å². The molecule has 1 heterocycles. The largest absolute Gasteiger partial charge is 0.491 e. The van der Waals surface area contributed by atoms with Gasteiger partial charge in [0.05, 0.1) is 6.10 Å². The Kier molecular flexibility index (Phi) is 4.59. The normalized spacial score (nSPS) is 21.8. The van der Waals surface area contributed by atoms with Gasteiger partial charge in [-0.1, -0.05) is 26.8 Å². The molecule has 0 aliphatic carbocycles. The predicted octanol–water partition coefficient (Wildman–Crippen LogP) is 4.21. The molecule has 112 valence electrons. The fourth-order valence-electron chi connectivity index (χ4n) is 2.77. The number of rotatable bonds is 5. The van der Waals surface area contributed by atoms with Crippen molar-refractivity contribution in [2.24, 2.45) is 5.73 Å². The molecular weight excluding hydrogens is 250 g/mol. The summed E-state index contributed by atoms with van der Waals surface area (Å²) in [4.78, 5) is 0. The Labute approximate surface area is 122 Å². The average Bonchev–Trinajstić information content (AvgIpc) is 2.46. The lowest BCUT2D eigenvalue weighted by atomic mass is 9.84. The molecule has 2 unspecified atom stereocenters. The minimum absolute atomic E-state index is 0.0521. The summed E-state index contributed by atoms with van der Waals surface area (Å²) >= 11 is 0. The Morgan fingerprint density at radius 1 is 1.35 bits per heavy atom. The van der Waals surface area contributed by atoms with Crippen LogP contribution in [0.4, 0.5) is 0 Å². The topological polar surface area (TPSA) is 44.5 Å². The van der Waals surface area contributed by atoms with Crippen molar-refractivity contribution < 1.29 is 9.47 Å². The van der Waals surface area contributed by atoms with Crippen LogP contribution in [0.2, 0.25) is 0 Å². The highest BCUT2D eigenvalue weighted by molar-refractivity contribution is 5.44. The second-order valence-corrected chi connectivity index (χ2v) is 5.84. The fourth-order valence-corrected chi connectivity index (χ4v) is 2.77. The standard InChI is InChI=1S/C17H27NO2/c1-5-12(4)19-13-8-9-14-15(18)11-17(6-2,7-3)20-16(14)10-13/h8-10,12,15H,5-7,11,18H2,1-4H3. The maximum atomic E-state index is 6.33. The molecule has 0 saturated carbocycles. The Bertz CT molecular complexity index is 454. The monoisotopic (exact) mass is 277 g/mol. The number of hydrogen-bond donors (Lipinski definition) is 1. The molecule has 0 bridgehead atoms. The van der Waals surface area contributed by atoms with Crippen LogP contribution in [0.3, 0.4) is 0 Å². The number of fused-ring (bicyclic) bond motifs is 1. The average molecular weight is 277 g/mol. The highest BCUT2D eigenvalue weighted by Gasteiger charge is 2.37. The molecule has 0 amide bonds. The van der Waals surface area contributed by atoms with Gasteiger partial charge in [-0.3, -0.25) is 0 Å². The predicted molar refractivity (Wildman–Crippen MR) is 82.3 cm³/mol. The van der Waals surface area contributed by atoms with E-state index in [1.165, 1.54) is 0 Å². The lowest BCUT2D eigenvalue weighted by Gasteiger charge is -2.40. The van der Waals surface area contributed by atoms with E-state index in [4.69, 9.17) is 15.2 Å². The van der Waals surface area contributed by atoms with Gasteiger partial charge in [0.25, 0.3) is 0 Å².